The predicted molar refractivity (Wildman–Crippen MR) is 92.4 cm³/mol. The van der Waals surface area contributed by atoms with Crippen LogP contribution in [0.4, 0.5) is 5.69 Å². The van der Waals surface area contributed by atoms with Gasteiger partial charge in [0, 0.05) is 5.69 Å². The van der Waals surface area contributed by atoms with Gasteiger partial charge >= 0.3 is 0 Å². The minimum atomic E-state index is 0.543. The fourth-order valence-corrected chi connectivity index (χ4v) is 2.48. The van der Waals surface area contributed by atoms with Gasteiger partial charge in [-0.15, -0.1) is 6.58 Å². The van der Waals surface area contributed by atoms with Crippen molar-refractivity contribution >= 4 is 5.69 Å². The van der Waals surface area contributed by atoms with Gasteiger partial charge in [0.15, 0.2) is 0 Å². The lowest BCUT2D eigenvalue weighted by Crippen LogP contribution is -1.96. The highest BCUT2D eigenvalue weighted by molar-refractivity contribution is 5.39. The van der Waals surface area contributed by atoms with Gasteiger partial charge in [0.1, 0.15) is 0 Å². The summed E-state index contributed by atoms with van der Waals surface area (Å²) in [4.78, 5) is 0. The second-order valence-electron chi connectivity index (χ2n) is 5.83. The number of aryl methyl sites for hydroxylation is 2. The lowest BCUT2D eigenvalue weighted by Gasteiger charge is -2.07. The van der Waals surface area contributed by atoms with E-state index in [2.05, 4.69) is 49.9 Å². The molecule has 0 aromatic heterocycles. The largest absolute Gasteiger partial charge is 0.399 e. The van der Waals surface area contributed by atoms with Gasteiger partial charge in [-0.2, -0.15) is 0 Å². The van der Waals surface area contributed by atoms with Crippen molar-refractivity contribution < 1.29 is 0 Å². The standard InChI is InChI=1S/C20H25N/c1-3-16(2)15-19-9-7-17(8-10-19)5-4-6-18-11-13-20(21)14-12-18/h3,7-14,16H,1,4-6,15,21H2,2H3. The van der Waals surface area contributed by atoms with Gasteiger partial charge in [0.2, 0.25) is 0 Å². The number of allylic oxidation sites excluding steroid dienone is 1. The molecule has 1 atom stereocenters. The average Bonchev–Trinajstić information content (AvgIpc) is 2.51. The van der Waals surface area contributed by atoms with Crippen molar-refractivity contribution in [3.63, 3.8) is 0 Å². The molecule has 0 spiro atoms. The van der Waals surface area contributed by atoms with E-state index in [1.807, 2.05) is 18.2 Å². The molecular formula is C20H25N. The van der Waals surface area contributed by atoms with Crippen LogP contribution in [0.3, 0.4) is 0 Å². The summed E-state index contributed by atoms with van der Waals surface area (Å²) in [6, 6.07) is 17.2. The Labute approximate surface area is 128 Å². The monoisotopic (exact) mass is 279 g/mol. The Hall–Kier alpha value is -2.02. The molecule has 0 saturated heterocycles. The summed E-state index contributed by atoms with van der Waals surface area (Å²) in [6.45, 7) is 6.04. The van der Waals surface area contributed by atoms with E-state index in [9.17, 15) is 0 Å². The van der Waals surface area contributed by atoms with Crippen molar-refractivity contribution in [3.8, 4) is 0 Å². The quantitative estimate of drug-likeness (QED) is 0.571. The zero-order valence-corrected chi connectivity index (χ0v) is 12.9. The van der Waals surface area contributed by atoms with Crippen LogP contribution < -0.4 is 5.73 Å². The Bertz CT molecular complexity index is 551. The van der Waals surface area contributed by atoms with E-state index in [0.29, 0.717) is 5.92 Å². The minimum Gasteiger partial charge on any atom is -0.399 e. The molecule has 2 aromatic carbocycles. The number of benzene rings is 2. The van der Waals surface area contributed by atoms with Gasteiger partial charge in [-0.3, -0.25) is 0 Å². The molecule has 0 fully saturated rings. The average molecular weight is 279 g/mol. The first-order chi connectivity index (χ1) is 10.2. The van der Waals surface area contributed by atoms with E-state index in [4.69, 9.17) is 5.73 Å². The smallest absolute Gasteiger partial charge is 0.0314 e. The Morgan fingerprint density at radius 3 is 1.90 bits per heavy atom. The summed E-state index contributed by atoms with van der Waals surface area (Å²) in [7, 11) is 0. The van der Waals surface area contributed by atoms with Crippen molar-refractivity contribution in [2.24, 2.45) is 5.92 Å². The highest BCUT2D eigenvalue weighted by Crippen LogP contribution is 2.14. The van der Waals surface area contributed by atoms with Crippen LogP contribution in [0.15, 0.2) is 61.2 Å². The molecule has 0 saturated carbocycles. The lowest BCUT2D eigenvalue weighted by molar-refractivity contribution is 0.724. The summed E-state index contributed by atoms with van der Waals surface area (Å²) in [5.74, 6) is 0.543. The molecule has 0 aliphatic heterocycles. The van der Waals surface area contributed by atoms with Crippen LogP contribution in [0.1, 0.15) is 30.0 Å². The van der Waals surface area contributed by atoms with Crippen LogP contribution >= 0.6 is 0 Å². The Balaban J connectivity index is 1.80. The molecular weight excluding hydrogens is 254 g/mol. The number of hydrogen-bond donors (Lipinski definition) is 1. The number of hydrogen-bond acceptors (Lipinski definition) is 1. The Morgan fingerprint density at radius 2 is 1.38 bits per heavy atom. The van der Waals surface area contributed by atoms with E-state index < -0.39 is 0 Å². The number of rotatable bonds is 7. The van der Waals surface area contributed by atoms with Crippen molar-refractivity contribution in [2.75, 3.05) is 5.73 Å². The van der Waals surface area contributed by atoms with Gasteiger partial charge in [-0.25, -0.2) is 0 Å². The fourth-order valence-electron chi connectivity index (χ4n) is 2.48. The third-order valence-electron chi connectivity index (χ3n) is 3.89. The molecule has 1 nitrogen and oxygen atoms in total. The van der Waals surface area contributed by atoms with Gasteiger partial charge in [0.05, 0.1) is 0 Å². The highest BCUT2D eigenvalue weighted by Gasteiger charge is 2.00. The van der Waals surface area contributed by atoms with Gasteiger partial charge in [-0.1, -0.05) is 49.4 Å². The van der Waals surface area contributed by atoms with Gasteiger partial charge in [0.25, 0.3) is 0 Å². The highest BCUT2D eigenvalue weighted by atomic mass is 14.5. The van der Waals surface area contributed by atoms with Crippen LogP contribution in [0.5, 0.6) is 0 Å². The molecule has 2 N–H and O–H groups in total. The fraction of sp³-hybridized carbons (Fsp3) is 0.300. The van der Waals surface area contributed by atoms with E-state index in [-0.39, 0.29) is 0 Å². The number of nitrogen functional groups attached to an aromatic ring is 1. The van der Waals surface area contributed by atoms with Crippen molar-refractivity contribution in [1.29, 1.82) is 0 Å². The second-order valence-corrected chi connectivity index (χ2v) is 5.83. The maximum Gasteiger partial charge on any atom is 0.0314 e. The second kappa shape index (κ2) is 7.68. The summed E-state index contributed by atoms with van der Waals surface area (Å²) in [5.41, 5.74) is 10.7. The molecule has 2 aromatic rings. The summed E-state index contributed by atoms with van der Waals surface area (Å²) < 4.78 is 0. The molecule has 1 heteroatoms. The summed E-state index contributed by atoms with van der Waals surface area (Å²) in [6.07, 6.45) is 6.50. The molecule has 0 aliphatic rings. The molecule has 0 amide bonds. The van der Waals surface area contributed by atoms with Gasteiger partial charge < -0.3 is 5.73 Å². The molecule has 0 aliphatic carbocycles. The predicted octanol–water partition coefficient (Wildman–Crippen LogP) is 4.81. The van der Waals surface area contributed by atoms with Crippen molar-refractivity contribution in [2.45, 2.75) is 32.6 Å². The maximum absolute atomic E-state index is 5.70. The summed E-state index contributed by atoms with van der Waals surface area (Å²) >= 11 is 0. The van der Waals surface area contributed by atoms with E-state index in [0.717, 1.165) is 24.9 Å². The molecule has 1 unspecified atom stereocenters. The molecule has 0 heterocycles. The van der Waals surface area contributed by atoms with Crippen LogP contribution in [0.2, 0.25) is 0 Å². The minimum absolute atomic E-state index is 0.543. The normalized spacial score (nSPS) is 12.0. The van der Waals surface area contributed by atoms with Crippen molar-refractivity contribution in [1.82, 2.24) is 0 Å². The Kier molecular flexibility index (Phi) is 5.62. The molecule has 0 radical (unpaired) electrons. The van der Waals surface area contributed by atoms with Crippen LogP contribution in [-0.4, -0.2) is 0 Å². The molecule has 0 bridgehead atoms. The molecule has 2 rings (SSSR count). The lowest BCUT2D eigenvalue weighted by atomic mass is 9.98. The van der Waals surface area contributed by atoms with Crippen molar-refractivity contribution in [3.05, 3.63) is 77.9 Å². The third kappa shape index (κ3) is 5.11. The van der Waals surface area contributed by atoms with E-state index >= 15 is 0 Å². The maximum atomic E-state index is 5.70. The molecule has 110 valence electrons. The summed E-state index contributed by atoms with van der Waals surface area (Å²) in [5, 5.41) is 0. The van der Waals surface area contributed by atoms with E-state index in [1.54, 1.807) is 0 Å². The zero-order chi connectivity index (χ0) is 15.1. The Morgan fingerprint density at radius 1 is 0.905 bits per heavy atom. The third-order valence-corrected chi connectivity index (χ3v) is 3.89. The molecule has 21 heavy (non-hydrogen) atoms. The first-order valence-electron chi connectivity index (χ1n) is 7.72. The topological polar surface area (TPSA) is 26.0 Å². The number of nitrogens with two attached hydrogens (primary N) is 1. The first kappa shape index (κ1) is 15.4. The van der Waals surface area contributed by atoms with Crippen LogP contribution in [0.25, 0.3) is 0 Å². The van der Waals surface area contributed by atoms with Crippen LogP contribution in [-0.2, 0) is 19.3 Å². The number of anilines is 1. The zero-order valence-electron chi connectivity index (χ0n) is 12.9. The van der Waals surface area contributed by atoms with Gasteiger partial charge in [-0.05, 0) is 60.4 Å². The first-order valence-corrected chi connectivity index (χ1v) is 7.72. The van der Waals surface area contributed by atoms with Crippen LogP contribution in [0, 0.1) is 5.92 Å². The SMILES string of the molecule is C=CC(C)Cc1ccc(CCCc2ccc(N)cc2)cc1. The van der Waals surface area contributed by atoms with E-state index in [1.165, 1.54) is 23.1 Å².